The molecule has 1 unspecified atom stereocenters. The van der Waals surface area contributed by atoms with Crippen LogP contribution in [0, 0.1) is 5.41 Å². The van der Waals surface area contributed by atoms with Crippen LogP contribution in [0.15, 0.2) is 40.7 Å². The smallest absolute Gasteiger partial charge is 0.239 e. The van der Waals surface area contributed by atoms with Crippen LogP contribution in [0.4, 0.5) is 10.8 Å². The predicted octanol–water partition coefficient (Wildman–Crippen LogP) is 4.64. The number of thioether (sulfide) groups is 1. The molecular weight excluding hydrogens is 354 g/mol. The highest BCUT2D eigenvalue weighted by molar-refractivity contribution is 8.00. The van der Waals surface area contributed by atoms with E-state index in [1.54, 1.807) is 6.20 Å². The van der Waals surface area contributed by atoms with Gasteiger partial charge in [-0.15, -0.1) is 23.1 Å². The molecule has 2 N–H and O–H groups in total. The van der Waals surface area contributed by atoms with Crippen molar-refractivity contribution < 1.29 is 9.59 Å². The summed E-state index contributed by atoms with van der Waals surface area (Å²) in [5, 5.41) is 7.85. The van der Waals surface area contributed by atoms with Gasteiger partial charge in [-0.05, 0) is 30.5 Å². The Kier molecular flexibility index (Phi) is 6.61. The molecule has 1 atom stereocenters. The Morgan fingerprint density at radius 1 is 1.28 bits per heavy atom. The number of rotatable bonds is 6. The topological polar surface area (TPSA) is 71.1 Å². The molecule has 2 amide bonds. The summed E-state index contributed by atoms with van der Waals surface area (Å²) in [5.74, 6) is -0.105. The highest BCUT2D eigenvalue weighted by Gasteiger charge is 2.17. The molecule has 0 aliphatic rings. The van der Waals surface area contributed by atoms with Crippen LogP contribution in [0.3, 0.4) is 0 Å². The zero-order valence-electron chi connectivity index (χ0n) is 14.8. The molecule has 2 rings (SSSR count). The molecule has 7 heteroatoms. The second-order valence-electron chi connectivity index (χ2n) is 6.90. The second-order valence-corrected chi connectivity index (χ2v) is 9.21. The number of carbonyl (C=O) groups excluding carboxylic acids is 2. The Morgan fingerprint density at radius 2 is 2.04 bits per heavy atom. The molecule has 0 radical (unpaired) electrons. The van der Waals surface area contributed by atoms with Gasteiger partial charge in [0.15, 0.2) is 5.13 Å². The van der Waals surface area contributed by atoms with E-state index in [2.05, 4.69) is 15.6 Å². The van der Waals surface area contributed by atoms with Crippen molar-refractivity contribution in [2.45, 2.75) is 44.3 Å². The van der Waals surface area contributed by atoms with E-state index in [4.69, 9.17) is 0 Å². The maximum absolute atomic E-state index is 12.2. The molecule has 2 aromatic rings. The van der Waals surface area contributed by atoms with Crippen molar-refractivity contribution in [1.82, 2.24) is 4.98 Å². The van der Waals surface area contributed by atoms with Crippen LogP contribution in [0.5, 0.6) is 0 Å². The van der Waals surface area contributed by atoms with Gasteiger partial charge < -0.3 is 10.6 Å². The molecule has 0 saturated heterocycles. The van der Waals surface area contributed by atoms with Crippen LogP contribution >= 0.6 is 23.1 Å². The Bertz CT molecular complexity index is 724. The number of carbonyl (C=O) groups is 2. The van der Waals surface area contributed by atoms with E-state index in [1.165, 1.54) is 23.1 Å². The van der Waals surface area contributed by atoms with E-state index in [1.807, 2.05) is 57.3 Å². The van der Waals surface area contributed by atoms with Gasteiger partial charge in [-0.1, -0.05) is 26.8 Å². The minimum absolute atomic E-state index is 0.00999. The zero-order valence-corrected chi connectivity index (χ0v) is 16.5. The van der Waals surface area contributed by atoms with Crippen LogP contribution in [0.1, 0.15) is 34.1 Å². The first kappa shape index (κ1) is 19.5. The van der Waals surface area contributed by atoms with Crippen molar-refractivity contribution >= 4 is 45.7 Å². The maximum Gasteiger partial charge on any atom is 0.239 e. The molecule has 0 aliphatic heterocycles. The fourth-order valence-corrected chi connectivity index (χ4v) is 3.54. The van der Waals surface area contributed by atoms with E-state index >= 15 is 0 Å². The second kappa shape index (κ2) is 8.49. The largest absolute Gasteiger partial charge is 0.326 e. The van der Waals surface area contributed by atoms with Gasteiger partial charge in [0.2, 0.25) is 11.8 Å². The van der Waals surface area contributed by atoms with Crippen molar-refractivity contribution in [2.24, 2.45) is 5.41 Å². The average Bonchev–Trinajstić information content (AvgIpc) is 2.98. The molecule has 1 heterocycles. The summed E-state index contributed by atoms with van der Waals surface area (Å²) >= 11 is 2.83. The molecule has 0 saturated carbocycles. The third kappa shape index (κ3) is 6.88. The first-order valence-electron chi connectivity index (χ1n) is 8.00. The summed E-state index contributed by atoms with van der Waals surface area (Å²) in [5.41, 5.74) is 0.686. The third-order valence-corrected chi connectivity index (χ3v) is 4.94. The standard InChI is InChI=1S/C18H23N3O2S2/c1-12(16(23)21-17-19-8-9-24-17)25-14-7-5-6-13(10-14)20-15(22)11-18(2,3)4/h5-10,12H,11H2,1-4H3,(H,20,22)(H,19,21,23). The number of nitrogens with zero attached hydrogens (tertiary/aromatic N) is 1. The van der Waals surface area contributed by atoms with Crippen molar-refractivity contribution in [3.63, 3.8) is 0 Å². The molecule has 0 fully saturated rings. The molecular formula is C18H23N3O2S2. The Hall–Kier alpha value is -1.86. The van der Waals surface area contributed by atoms with Crippen LogP contribution in [0.25, 0.3) is 0 Å². The number of hydrogen-bond donors (Lipinski definition) is 2. The fourth-order valence-electron chi connectivity index (χ4n) is 2.08. The summed E-state index contributed by atoms with van der Waals surface area (Å²) in [6, 6.07) is 7.54. The third-order valence-electron chi connectivity index (χ3n) is 3.15. The number of benzene rings is 1. The highest BCUT2D eigenvalue weighted by atomic mass is 32.2. The number of thiazole rings is 1. The summed E-state index contributed by atoms with van der Waals surface area (Å²) in [6.07, 6.45) is 2.11. The fraction of sp³-hybridized carbons (Fsp3) is 0.389. The van der Waals surface area contributed by atoms with Gasteiger partial charge in [0.05, 0.1) is 5.25 Å². The van der Waals surface area contributed by atoms with E-state index in [-0.39, 0.29) is 22.5 Å². The first-order valence-corrected chi connectivity index (χ1v) is 9.76. The van der Waals surface area contributed by atoms with Gasteiger partial charge in [-0.2, -0.15) is 0 Å². The number of aromatic nitrogens is 1. The van der Waals surface area contributed by atoms with Gasteiger partial charge in [0.1, 0.15) is 0 Å². The number of nitrogens with one attached hydrogen (secondary N) is 2. The summed E-state index contributed by atoms with van der Waals surface area (Å²) in [6.45, 7) is 7.93. The van der Waals surface area contributed by atoms with Crippen molar-refractivity contribution in [3.8, 4) is 0 Å². The lowest BCUT2D eigenvalue weighted by Crippen LogP contribution is -2.22. The van der Waals surface area contributed by atoms with Gasteiger partial charge >= 0.3 is 0 Å². The van der Waals surface area contributed by atoms with Crippen LogP contribution < -0.4 is 10.6 Å². The minimum Gasteiger partial charge on any atom is -0.326 e. The summed E-state index contributed by atoms with van der Waals surface area (Å²) in [4.78, 5) is 29.2. The zero-order chi connectivity index (χ0) is 18.4. The van der Waals surface area contributed by atoms with Gasteiger partial charge in [0.25, 0.3) is 0 Å². The number of hydrogen-bond acceptors (Lipinski definition) is 5. The lowest BCUT2D eigenvalue weighted by Gasteiger charge is -2.17. The van der Waals surface area contributed by atoms with Crippen LogP contribution in [-0.4, -0.2) is 22.0 Å². The van der Waals surface area contributed by atoms with Gasteiger partial charge in [0, 0.05) is 28.6 Å². The lowest BCUT2D eigenvalue weighted by atomic mass is 9.92. The first-order chi connectivity index (χ1) is 11.7. The molecule has 5 nitrogen and oxygen atoms in total. The van der Waals surface area contributed by atoms with E-state index in [0.29, 0.717) is 11.6 Å². The van der Waals surface area contributed by atoms with Crippen molar-refractivity contribution in [2.75, 3.05) is 10.6 Å². The van der Waals surface area contributed by atoms with E-state index in [0.717, 1.165) is 10.6 Å². The van der Waals surface area contributed by atoms with Crippen molar-refractivity contribution in [3.05, 3.63) is 35.8 Å². The highest BCUT2D eigenvalue weighted by Crippen LogP contribution is 2.27. The molecule has 0 spiro atoms. The quantitative estimate of drug-likeness (QED) is 0.720. The van der Waals surface area contributed by atoms with Gasteiger partial charge in [-0.3, -0.25) is 9.59 Å². The van der Waals surface area contributed by atoms with Crippen LogP contribution in [-0.2, 0) is 9.59 Å². The monoisotopic (exact) mass is 377 g/mol. The molecule has 25 heavy (non-hydrogen) atoms. The normalized spacial score (nSPS) is 12.5. The van der Waals surface area contributed by atoms with Gasteiger partial charge in [-0.25, -0.2) is 4.98 Å². The summed E-state index contributed by atoms with van der Waals surface area (Å²) in [7, 11) is 0. The van der Waals surface area contributed by atoms with E-state index in [9.17, 15) is 9.59 Å². The average molecular weight is 378 g/mol. The predicted molar refractivity (Wildman–Crippen MR) is 105 cm³/mol. The Labute approximate surface area is 156 Å². The minimum atomic E-state index is -0.274. The Morgan fingerprint density at radius 3 is 2.68 bits per heavy atom. The molecule has 1 aromatic heterocycles. The summed E-state index contributed by atoms with van der Waals surface area (Å²) < 4.78 is 0. The SMILES string of the molecule is CC(Sc1cccc(NC(=O)CC(C)(C)C)c1)C(=O)Nc1nccs1. The molecule has 1 aromatic carbocycles. The molecule has 0 aliphatic carbocycles. The number of anilines is 2. The Balaban J connectivity index is 1.94. The van der Waals surface area contributed by atoms with E-state index < -0.39 is 0 Å². The van der Waals surface area contributed by atoms with Crippen LogP contribution in [0.2, 0.25) is 0 Å². The molecule has 0 bridgehead atoms. The lowest BCUT2D eigenvalue weighted by molar-refractivity contribution is -0.118. The van der Waals surface area contributed by atoms with Crippen molar-refractivity contribution in [1.29, 1.82) is 0 Å². The maximum atomic E-state index is 12.2. The molecule has 134 valence electrons. The number of amides is 2.